The molecule has 2 fully saturated rings. The first-order chi connectivity index (χ1) is 8.78. The maximum atomic E-state index is 11.8. The summed E-state index contributed by atoms with van der Waals surface area (Å²) in [6.45, 7) is 7.20. The van der Waals surface area contributed by atoms with E-state index in [4.69, 9.17) is 10.5 Å². The van der Waals surface area contributed by atoms with Gasteiger partial charge in [-0.05, 0) is 70.3 Å². The van der Waals surface area contributed by atoms with Gasteiger partial charge in [-0.2, -0.15) is 0 Å². The van der Waals surface area contributed by atoms with Crippen molar-refractivity contribution >= 4 is 6.09 Å². The van der Waals surface area contributed by atoms with E-state index in [1.54, 1.807) is 0 Å². The fourth-order valence-corrected chi connectivity index (χ4v) is 3.86. The second-order valence-electron chi connectivity index (χ2n) is 7.59. The van der Waals surface area contributed by atoms with Crippen molar-refractivity contribution in [1.29, 1.82) is 0 Å². The first kappa shape index (κ1) is 14.6. The molecule has 0 aromatic heterocycles. The van der Waals surface area contributed by atoms with Crippen molar-refractivity contribution < 1.29 is 9.53 Å². The summed E-state index contributed by atoms with van der Waals surface area (Å²) in [7, 11) is 0. The predicted molar refractivity (Wildman–Crippen MR) is 75.9 cm³/mol. The smallest absolute Gasteiger partial charge is 0.407 e. The van der Waals surface area contributed by atoms with Crippen molar-refractivity contribution in [2.24, 2.45) is 16.6 Å². The minimum absolute atomic E-state index is 0.272. The Labute approximate surface area is 116 Å². The molecule has 0 aromatic rings. The van der Waals surface area contributed by atoms with Gasteiger partial charge >= 0.3 is 6.09 Å². The van der Waals surface area contributed by atoms with Gasteiger partial charge in [0.1, 0.15) is 5.60 Å². The molecule has 2 aliphatic carbocycles. The second-order valence-corrected chi connectivity index (χ2v) is 7.59. The minimum Gasteiger partial charge on any atom is -0.444 e. The van der Waals surface area contributed by atoms with Crippen LogP contribution in [0.5, 0.6) is 0 Å². The highest BCUT2D eigenvalue weighted by atomic mass is 16.6. The molecule has 19 heavy (non-hydrogen) atoms. The van der Waals surface area contributed by atoms with Crippen LogP contribution in [0, 0.1) is 10.8 Å². The number of fused-ring (bicyclic) bond motifs is 2. The maximum absolute atomic E-state index is 11.8. The van der Waals surface area contributed by atoms with E-state index in [1.807, 2.05) is 20.8 Å². The standard InChI is InChI=1S/C15H28N2O2/c1-13(2,3)19-12(18)17-11-15-6-4-5-14(9-15,10-16)7-8-15/h4-11,16H2,1-3H3,(H,17,18)/t14-,15+/m1/s1. The van der Waals surface area contributed by atoms with Gasteiger partial charge in [-0.25, -0.2) is 4.79 Å². The van der Waals surface area contributed by atoms with Crippen LogP contribution in [0.3, 0.4) is 0 Å². The van der Waals surface area contributed by atoms with Crippen LogP contribution in [0.1, 0.15) is 59.3 Å². The molecule has 0 spiro atoms. The van der Waals surface area contributed by atoms with Gasteiger partial charge < -0.3 is 15.8 Å². The number of nitrogens with one attached hydrogen (secondary N) is 1. The van der Waals surface area contributed by atoms with Crippen molar-refractivity contribution in [2.75, 3.05) is 13.1 Å². The summed E-state index contributed by atoms with van der Waals surface area (Å²) < 4.78 is 5.31. The van der Waals surface area contributed by atoms with E-state index in [0.717, 1.165) is 13.1 Å². The van der Waals surface area contributed by atoms with E-state index in [-0.39, 0.29) is 11.5 Å². The molecule has 1 amide bonds. The van der Waals surface area contributed by atoms with Gasteiger partial charge in [0.05, 0.1) is 0 Å². The van der Waals surface area contributed by atoms with E-state index in [9.17, 15) is 4.79 Å². The zero-order valence-electron chi connectivity index (χ0n) is 12.6. The van der Waals surface area contributed by atoms with Gasteiger partial charge in [0, 0.05) is 6.54 Å². The number of ether oxygens (including phenoxy) is 1. The normalized spacial score (nSPS) is 34.1. The molecule has 4 heteroatoms. The number of nitrogens with two attached hydrogens (primary N) is 1. The van der Waals surface area contributed by atoms with Crippen molar-refractivity contribution in [3.63, 3.8) is 0 Å². The zero-order valence-corrected chi connectivity index (χ0v) is 12.6. The third-order valence-electron chi connectivity index (χ3n) is 4.79. The average Bonchev–Trinajstić information content (AvgIpc) is 2.58. The first-order valence-electron chi connectivity index (χ1n) is 7.45. The number of hydrogen-bond acceptors (Lipinski definition) is 3. The van der Waals surface area contributed by atoms with Crippen LogP contribution in [-0.4, -0.2) is 24.8 Å². The largest absolute Gasteiger partial charge is 0.444 e. The topological polar surface area (TPSA) is 64.3 Å². The molecule has 2 rings (SSSR count). The molecule has 0 radical (unpaired) electrons. The van der Waals surface area contributed by atoms with Gasteiger partial charge in [0.25, 0.3) is 0 Å². The van der Waals surface area contributed by atoms with Gasteiger partial charge in [-0.15, -0.1) is 0 Å². The number of rotatable bonds is 3. The number of carbonyl (C=O) groups excluding carboxylic acids is 1. The van der Waals surface area contributed by atoms with Crippen LogP contribution in [-0.2, 0) is 4.74 Å². The highest BCUT2D eigenvalue weighted by molar-refractivity contribution is 5.67. The molecule has 0 saturated heterocycles. The number of hydrogen-bond donors (Lipinski definition) is 2. The van der Waals surface area contributed by atoms with E-state index < -0.39 is 5.60 Å². The summed E-state index contributed by atoms with van der Waals surface area (Å²) in [6.07, 6.45) is 7.01. The van der Waals surface area contributed by atoms with Crippen molar-refractivity contribution in [3.05, 3.63) is 0 Å². The molecule has 2 bridgehead atoms. The quantitative estimate of drug-likeness (QED) is 0.827. The highest BCUT2D eigenvalue weighted by Crippen LogP contribution is 2.57. The van der Waals surface area contributed by atoms with E-state index in [1.165, 1.54) is 38.5 Å². The summed E-state index contributed by atoms with van der Waals surface area (Å²) in [6, 6.07) is 0. The van der Waals surface area contributed by atoms with Crippen LogP contribution in [0.15, 0.2) is 0 Å². The first-order valence-corrected chi connectivity index (χ1v) is 7.45. The van der Waals surface area contributed by atoms with Gasteiger partial charge in [-0.1, -0.05) is 6.42 Å². The van der Waals surface area contributed by atoms with Crippen molar-refractivity contribution in [1.82, 2.24) is 5.32 Å². The molecule has 0 heterocycles. The molecule has 2 atom stereocenters. The van der Waals surface area contributed by atoms with Crippen LogP contribution in [0.4, 0.5) is 4.79 Å². The Morgan fingerprint density at radius 3 is 2.47 bits per heavy atom. The molecule has 110 valence electrons. The number of carbonyl (C=O) groups is 1. The van der Waals surface area contributed by atoms with Gasteiger partial charge in [0.15, 0.2) is 0 Å². The van der Waals surface area contributed by atoms with E-state index >= 15 is 0 Å². The molecular formula is C15H28N2O2. The molecule has 0 unspecified atom stereocenters. The highest BCUT2D eigenvalue weighted by Gasteiger charge is 2.50. The molecule has 3 N–H and O–H groups in total. The monoisotopic (exact) mass is 268 g/mol. The van der Waals surface area contributed by atoms with Gasteiger partial charge in [0.2, 0.25) is 0 Å². The molecular weight excluding hydrogens is 240 g/mol. The molecule has 2 saturated carbocycles. The Kier molecular flexibility index (Phi) is 3.83. The number of alkyl carbamates (subject to hydrolysis) is 1. The molecule has 4 nitrogen and oxygen atoms in total. The predicted octanol–water partition coefficient (Wildman–Crippen LogP) is 2.81. The van der Waals surface area contributed by atoms with Crippen molar-refractivity contribution in [2.45, 2.75) is 64.9 Å². The summed E-state index contributed by atoms with van der Waals surface area (Å²) in [4.78, 5) is 11.8. The lowest BCUT2D eigenvalue weighted by atomic mass is 9.69. The fourth-order valence-electron chi connectivity index (χ4n) is 3.86. The van der Waals surface area contributed by atoms with Crippen LogP contribution in [0.2, 0.25) is 0 Å². The summed E-state index contributed by atoms with van der Waals surface area (Å²) >= 11 is 0. The van der Waals surface area contributed by atoms with E-state index in [0.29, 0.717) is 5.41 Å². The number of amides is 1. The minimum atomic E-state index is -0.426. The lowest BCUT2D eigenvalue weighted by Gasteiger charge is -2.39. The second kappa shape index (κ2) is 4.97. The zero-order chi connectivity index (χ0) is 14.1. The molecule has 0 aliphatic heterocycles. The average molecular weight is 268 g/mol. The van der Waals surface area contributed by atoms with Crippen LogP contribution < -0.4 is 11.1 Å². The Bertz CT molecular complexity index is 351. The SMILES string of the molecule is CC(C)(C)OC(=O)NC[C@@]12CCC[C@@](CN)(CC1)C2. The lowest BCUT2D eigenvalue weighted by Crippen LogP contribution is -2.42. The molecule has 0 aromatic carbocycles. The Morgan fingerprint density at radius 2 is 1.84 bits per heavy atom. The van der Waals surface area contributed by atoms with Crippen molar-refractivity contribution in [3.8, 4) is 0 Å². The van der Waals surface area contributed by atoms with Crippen LogP contribution in [0.25, 0.3) is 0 Å². The Hall–Kier alpha value is -0.770. The third kappa shape index (κ3) is 3.41. The summed E-state index contributed by atoms with van der Waals surface area (Å²) in [5.74, 6) is 0. The molecule has 2 aliphatic rings. The van der Waals surface area contributed by atoms with E-state index in [2.05, 4.69) is 5.32 Å². The summed E-state index contributed by atoms with van der Waals surface area (Å²) in [5, 5.41) is 2.97. The van der Waals surface area contributed by atoms with Crippen LogP contribution >= 0.6 is 0 Å². The van der Waals surface area contributed by atoms with Gasteiger partial charge in [-0.3, -0.25) is 0 Å². The Morgan fingerprint density at radius 1 is 1.21 bits per heavy atom. The Balaban J connectivity index is 1.88. The summed E-state index contributed by atoms with van der Waals surface area (Å²) in [5.41, 5.74) is 6.16. The lowest BCUT2D eigenvalue weighted by molar-refractivity contribution is 0.0477. The fraction of sp³-hybridized carbons (Fsp3) is 0.933. The third-order valence-corrected chi connectivity index (χ3v) is 4.79. The maximum Gasteiger partial charge on any atom is 0.407 e.